The van der Waals surface area contributed by atoms with Gasteiger partial charge in [-0.3, -0.25) is 0 Å². The predicted octanol–water partition coefficient (Wildman–Crippen LogP) is 1.24. The van der Waals surface area contributed by atoms with Gasteiger partial charge < -0.3 is 15.5 Å². The molecule has 13 heavy (non-hydrogen) atoms. The number of phenolic OH excluding ortho intramolecular Hbond substituents is 1. The quantitative estimate of drug-likeness (QED) is 0.700. The summed E-state index contributed by atoms with van der Waals surface area (Å²) in [5, 5.41) is 21.1. The fourth-order valence-electron chi connectivity index (χ4n) is 1.00. The van der Waals surface area contributed by atoms with Crippen molar-refractivity contribution in [3.63, 3.8) is 0 Å². The molecule has 1 aromatic carbocycles. The van der Waals surface area contributed by atoms with Gasteiger partial charge in [0.15, 0.2) is 0 Å². The summed E-state index contributed by atoms with van der Waals surface area (Å²) in [7, 11) is 0. The number of rotatable bonds is 4. The summed E-state index contributed by atoms with van der Waals surface area (Å²) in [6, 6.07) is 5.48. The number of phenols is 1. The van der Waals surface area contributed by atoms with E-state index in [-0.39, 0.29) is 12.4 Å². The topological polar surface area (TPSA) is 52.5 Å². The second-order valence-electron chi connectivity index (χ2n) is 2.65. The number of aliphatic hydroxyl groups excluding tert-OH is 1. The van der Waals surface area contributed by atoms with Crippen molar-refractivity contribution in [2.24, 2.45) is 0 Å². The van der Waals surface area contributed by atoms with E-state index in [0.717, 1.165) is 5.56 Å². The van der Waals surface area contributed by atoms with Gasteiger partial charge in [0.05, 0.1) is 11.1 Å². The molecule has 0 saturated carbocycles. The maximum Gasteiger partial charge on any atom is 0.134 e. The van der Waals surface area contributed by atoms with Gasteiger partial charge in [0.1, 0.15) is 5.75 Å². The average molecular weight is 246 g/mol. The van der Waals surface area contributed by atoms with E-state index in [1.54, 1.807) is 6.07 Å². The molecule has 0 heterocycles. The SMILES string of the molecule is OCCNCc1cccc(Br)c1O. The summed E-state index contributed by atoms with van der Waals surface area (Å²) in [6.45, 7) is 1.20. The lowest BCUT2D eigenvalue weighted by atomic mass is 10.2. The van der Waals surface area contributed by atoms with Gasteiger partial charge in [0.25, 0.3) is 0 Å². The minimum Gasteiger partial charge on any atom is -0.506 e. The smallest absolute Gasteiger partial charge is 0.134 e. The lowest BCUT2D eigenvalue weighted by Gasteiger charge is -2.06. The molecule has 0 aromatic heterocycles. The Morgan fingerprint density at radius 1 is 1.38 bits per heavy atom. The number of hydrogen-bond donors (Lipinski definition) is 3. The number of nitrogens with one attached hydrogen (secondary N) is 1. The summed E-state index contributed by atoms with van der Waals surface area (Å²) < 4.78 is 0.691. The van der Waals surface area contributed by atoms with Crippen molar-refractivity contribution in [1.29, 1.82) is 0 Å². The molecule has 0 aliphatic heterocycles. The molecule has 0 atom stereocenters. The molecule has 0 fully saturated rings. The molecular formula is C9H12BrNO2. The van der Waals surface area contributed by atoms with Crippen molar-refractivity contribution in [2.75, 3.05) is 13.2 Å². The highest BCUT2D eigenvalue weighted by Crippen LogP contribution is 2.26. The van der Waals surface area contributed by atoms with Gasteiger partial charge in [-0.25, -0.2) is 0 Å². The van der Waals surface area contributed by atoms with E-state index in [1.807, 2.05) is 12.1 Å². The summed E-state index contributed by atoms with van der Waals surface area (Å²) >= 11 is 3.23. The monoisotopic (exact) mass is 245 g/mol. The molecule has 0 amide bonds. The third-order valence-corrected chi connectivity index (χ3v) is 2.31. The normalized spacial score (nSPS) is 10.3. The van der Waals surface area contributed by atoms with Crippen LogP contribution in [0.2, 0.25) is 0 Å². The van der Waals surface area contributed by atoms with Crippen LogP contribution in [0.4, 0.5) is 0 Å². The van der Waals surface area contributed by atoms with Crippen LogP contribution < -0.4 is 5.32 Å². The summed E-state index contributed by atoms with van der Waals surface area (Å²) in [4.78, 5) is 0. The van der Waals surface area contributed by atoms with Crippen LogP contribution in [-0.2, 0) is 6.54 Å². The zero-order valence-electron chi connectivity index (χ0n) is 7.13. The molecule has 0 unspecified atom stereocenters. The highest BCUT2D eigenvalue weighted by atomic mass is 79.9. The number of hydrogen-bond acceptors (Lipinski definition) is 3. The van der Waals surface area contributed by atoms with Crippen LogP contribution in [-0.4, -0.2) is 23.4 Å². The van der Waals surface area contributed by atoms with Gasteiger partial charge >= 0.3 is 0 Å². The zero-order valence-corrected chi connectivity index (χ0v) is 8.71. The molecule has 3 N–H and O–H groups in total. The Morgan fingerprint density at radius 2 is 2.15 bits per heavy atom. The predicted molar refractivity (Wildman–Crippen MR) is 54.6 cm³/mol. The Balaban J connectivity index is 2.61. The van der Waals surface area contributed by atoms with Gasteiger partial charge in [-0.2, -0.15) is 0 Å². The lowest BCUT2D eigenvalue weighted by Crippen LogP contribution is -2.17. The second-order valence-corrected chi connectivity index (χ2v) is 3.50. The van der Waals surface area contributed by atoms with Gasteiger partial charge in [0, 0.05) is 18.7 Å². The Hall–Kier alpha value is -0.580. The minimum atomic E-state index is 0.106. The van der Waals surface area contributed by atoms with Crippen LogP contribution in [0.25, 0.3) is 0 Å². The Bertz CT molecular complexity index is 278. The first-order valence-electron chi connectivity index (χ1n) is 4.03. The van der Waals surface area contributed by atoms with Crippen LogP contribution in [0.3, 0.4) is 0 Å². The van der Waals surface area contributed by atoms with Crippen molar-refractivity contribution in [3.05, 3.63) is 28.2 Å². The number of aliphatic hydroxyl groups is 1. The maximum absolute atomic E-state index is 9.55. The van der Waals surface area contributed by atoms with Crippen molar-refractivity contribution in [2.45, 2.75) is 6.54 Å². The van der Waals surface area contributed by atoms with Gasteiger partial charge in [-0.05, 0) is 22.0 Å². The Morgan fingerprint density at radius 3 is 2.85 bits per heavy atom. The Labute approximate surface area is 85.5 Å². The Kier molecular flexibility index (Phi) is 4.21. The largest absolute Gasteiger partial charge is 0.506 e. The van der Waals surface area contributed by atoms with Crippen LogP contribution in [0.15, 0.2) is 22.7 Å². The third kappa shape index (κ3) is 2.99. The molecule has 0 aliphatic rings. The van der Waals surface area contributed by atoms with Crippen molar-refractivity contribution >= 4 is 15.9 Å². The van der Waals surface area contributed by atoms with Crippen LogP contribution in [0.5, 0.6) is 5.75 Å². The lowest BCUT2D eigenvalue weighted by molar-refractivity contribution is 0.291. The highest BCUT2D eigenvalue weighted by molar-refractivity contribution is 9.10. The highest BCUT2D eigenvalue weighted by Gasteiger charge is 2.02. The molecule has 1 rings (SSSR count). The molecule has 0 spiro atoms. The number of para-hydroxylation sites is 1. The number of benzene rings is 1. The van der Waals surface area contributed by atoms with E-state index in [1.165, 1.54) is 0 Å². The van der Waals surface area contributed by atoms with Crippen LogP contribution >= 0.6 is 15.9 Å². The molecule has 0 bridgehead atoms. The first-order chi connectivity index (χ1) is 6.25. The third-order valence-electron chi connectivity index (χ3n) is 1.67. The molecule has 1 aromatic rings. The zero-order chi connectivity index (χ0) is 9.68. The van der Waals surface area contributed by atoms with E-state index in [4.69, 9.17) is 5.11 Å². The van der Waals surface area contributed by atoms with Gasteiger partial charge in [-0.15, -0.1) is 0 Å². The fraction of sp³-hybridized carbons (Fsp3) is 0.333. The van der Waals surface area contributed by atoms with Crippen molar-refractivity contribution in [3.8, 4) is 5.75 Å². The summed E-state index contributed by atoms with van der Waals surface area (Å²) in [5.41, 5.74) is 0.822. The van der Waals surface area contributed by atoms with Crippen molar-refractivity contribution in [1.82, 2.24) is 5.32 Å². The average Bonchev–Trinajstić information content (AvgIpc) is 2.13. The first-order valence-corrected chi connectivity index (χ1v) is 4.83. The van der Waals surface area contributed by atoms with E-state index < -0.39 is 0 Å². The molecule has 3 nitrogen and oxygen atoms in total. The van der Waals surface area contributed by atoms with E-state index in [9.17, 15) is 5.11 Å². The number of aromatic hydroxyl groups is 1. The first kappa shape index (κ1) is 10.5. The second kappa shape index (κ2) is 5.21. The van der Waals surface area contributed by atoms with Gasteiger partial charge in [-0.1, -0.05) is 12.1 Å². The molecule has 0 aliphatic carbocycles. The van der Waals surface area contributed by atoms with Crippen LogP contribution in [0.1, 0.15) is 5.56 Å². The fourth-order valence-corrected chi connectivity index (χ4v) is 1.41. The molecule has 4 heteroatoms. The summed E-state index contributed by atoms with van der Waals surface area (Å²) in [5.74, 6) is 0.257. The van der Waals surface area contributed by atoms with E-state index >= 15 is 0 Å². The number of halogens is 1. The van der Waals surface area contributed by atoms with Crippen LogP contribution in [0, 0.1) is 0 Å². The van der Waals surface area contributed by atoms with Crippen molar-refractivity contribution < 1.29 is 10.2 Å². The molecular weight excluding hydrogens is 234 g/mol. The van der Waals surface area contributed by atoms with Gasteiger partial charge in [0.2, 0.25) is 0 Å². The molecule has 0 saturated heterocycles. The molecule has 72 valence electrons. The summed E-state index contributed by atoms with van der Waals surface area (Å²) in [6.07, 6.45) is 0. The molecule has 0 radical (unpaired) electrons. The minimum absolute atomic E-state index is 0.106. The van der Waals surface area contributed by atoms with E-state index in [0.29, 0.717) is 17.6 Å². The maximum atomic E-state index is 9.55. The standard InChI is InChI=1S/C9H12BrNO2/c10-8-3-1-2-7(9(8)13)6-11-4-5-12/h1-3,11-13H,4-6H2. The van der Waals surface area contributed by atoms with E-state index in [2.05, 4.69) is 21.2 Å².